The summed E-state index contributed by atoms with van der Waals surface area (Å²) in [6.07, 6.45) is 5.65. The van der Waals surface area contributed by atoms with E-state index in [0.717, 1.165) is 19.6 Å². The maximum Gasteiger partial charge on any atom is 0.259 e. The SMILES string of the molecule is NC(CN1CCCC1)c1noc(-c2ccncc2Cl)n1. The van der Waals surface area contributed by atoms with Crippen molar-refractivity contribution >= 4 is 11.6 Å². The van der Waals surface area contributed by atoms with Gasteiger partial charge in [-0.2, -0.15) is 4.98 Å². The Morgan fingerprint density at radius 3 is 2.95 bits per heavy atom. The van der Waals surface area contributed by atoms with E-state index in [9.17, 15) is 0 Å². The number of rotatable bonds is 4. The van der Waals surface area contributed by atoms with Crippen molar-refractivity contribution in [3.8, 4) is 11.5 Å². The minimum atomic E-state index is -0.244. The number of pyridine rings is 1. The van der Waals surface area contributed by atoms with Gasteiger partial charge in [-0.25, -0.2) is 0 Å². The van der Waals surface area contributed by atoms with Crippen LogP contribution in [0.1, 0.15) is 24.7 Å². The van der Waals surface area contributed by atoms with Crippen LogP contribution in [-0.4, -0.2) is 39.7 Å². The average Bonchev–Trinajstić information content (AvgIpc) is 3.10. The molecule has 3 heterocycles. The lowest BCUT2D eigenvalue weighted by atomic mass is 10.2. The van der Waals surface area contributed by atoms with E-state index in [1.807, 2.05) is 0 Å². The van der Waals surface area contributed by atoms with E-state index in [4.69, 9.17) is 21.9 Å². The zero-order valence-corrected chi connectivity index (χ0v) is 11.8. The van der Waals surface area contributed by atoms with Gasteiger partial charge in [0.25, 0.3) is 5.89 Å². The number of aromatic nitrogens is 3. The number of hydrogen-bond acceptors (Lipinski definition) is 6. The Labute approximate surface area is 121 Å². The van der Waals surface area contributed by atoms with Gasteiger partial charge in [-0.3, -0.25) is 4.98 Å². The van der Waals surface area contributed by atoms with Gasteiger partial charge in [0.1, 0.15) is 0 Å². The summed E-state index contributed by atoms with van der Waals surface area (Å²) in [7, 11) is 0. The molecule has 0 aromatic carbocycles. The lowest BCUT2D eigenvalue weighted by Crippen LogP contribution is -2.30. The summed E-state index contributed by atoms with van der Waals surface area (Å²) < 4.78 is 5.25. The van der Waals surface area contributed by atoms with Crippen LogP contribution >= 0.6 is 11.6 Å². The van der Waals surface area contributed by atoms with Crippen molar-refractivity contribution in [3.05, 3.63) is 29.3 Å². The van der Waals surface area contributed by atoms with Crippen LogP contribution in [0.5, 0.6) is 0 Å². The fraction of sp³-hybridized carbons (Fsp3) is 0.462. The summed E-state index contributed by atoms with van der Waals surface area (Å²) in [5.41, 5.74) is 6.81. The summed E-state index contributed by atoms with van der Waals surface area (Å²) in [6.45, 7) is 2.94. The Hall–Kier alpha value is -1.50. The molecule has 7 heteroatoms. The first-order valence-corrected chi connectivity index (χ1v) is 7.03. The summed E-state index contributed by atoms with van der Waals surface area (Å²) in [4.78, 5) is 10.6. The van der Waals surface area contributed by atoms with Gasteiger partial charge < -0.3 is 15.2 Å². The summed E-state index contributed by atoms with van der Waals surface area (Å²) in [5, 5.41) is 4.44. The third kappa shape index (κ3) is 2.82. The topological polar surface area (TPSA) is 81.1 Å². The molecule has 1 saturated heterocycles. The quantitative estimate of drug-likeness (QED) is 0.927. The number of nitrogens with two attached hydrogens (primary N) is 1. The number of nitrogens with zero attached hydrogens (tertiary/aromatic N) is 4. The van der Waals surface area contributed by atoms with Crippen LogP contribution in [-0.2, 0) is 0 Å². The number of halogens is 1. The van der Waals surface area contributed by atoms with Crippen molar-refractivity contribution in [3.63, 3.8) is 0 Å². The first kappa shape index (κ1) is 13.5. The zero-order valence-electron chi connectivity index (χ0n) is 11.0. The average molecular weight is 294 g/mol. The van der Waals surface area contributed by atoms with Crippen LogP contribution in [0.2, 0.25) is 5.02 Å². The number of likely N-dealkylation sites (tertiary alicyclic amines) is 1. The molecule has 0 radical (unpaired) electrons. The second-order valence-electron chi connectivity index (χ2n) is 4.93. The molecule has 0 bridgehead atoms. The predicted molar refractivity (Wildman–Crippen MR) is 75.1 cm³/mol. The van der Waals surface area contributed by atoms with Gasteiger partial charge in [0.2, 0.25) is 0 Å². The Morgan fingerprint density at radius 1 is 1.40 bits per heavy atom. The molecule has 1 unspecified atom stereocenters. The molecular formula is C13H16ClN5O. The monoisotopic (exact) mass is 293 g/mol. The fourth-order valence-corrected chi connectivity index (χ4v) is 2.57. The van der Waals surface area contributed by atoms with Crippen molar-refractivity contribution in [1.82, 2.24) is 20.0 Å². The van der Waals surface area contributed by atoms with Crippen molar-refractivity contribution < 1.29 is 4.52 Å². The van der Waals surface area contributed by atoms with Crippen LogP contribution < -0.4 is 5.73 Å². The third-order valence-electron chi connectivity index (χ3n) is 3.43. The van der Waals surface area contributed by atoms with E-state index < -0.39 is 0 Å². The molecule has 1 aliphatic rings. The highest BCUT2D eigenvalue weighted by atomic mass is 35.5. The first-order chi connectivity index (χ1) is 9.74. The Bertz CT molecular complexity index is 582. The smallest absolute Gasteiger partial charge is 0.259 e. The van der Waals surface area contributed by atoms with Gasteiger partial charge in [-0.15, -0.1) is 0 Å². The van der Waals surface area contributed by atoms with Gasteiger partial charge in [0.15, 0.2) is 5.82 Å². The molecule has 3 rings (SSSR count). The second-order valence-corrected chi connectivity index (χ2v) is 5.33. The van der Waals surface area contributed by atoms with Gasteiger partial charge in [0.05, 0.1) is 16.6 Å². The van der Waals surface area contributed by atoms with Crippen LogP contribution in [0.4, 0.5) is 0 Å². The summed E-state index contributed by atoms with van der Waals surface area (Å²) >= 11 is 6.06. The molecule has 1 fully saturated rings. The van der Waals surface area contributed by atoms with Crippen molar-refractivity contribution in [2.75, 3.05) is 19.6 Å². The van der Waals surface area contributed by atoms with E-state index in [-0.39, 0.29) is 6.04 Å². The molecule has 0 saturated carbocycles. The van der Waals surface area contributed by atoms with Gasteiger partial charge in [-0.05, 0) is 32.0 Å². The van der Waals surface area contributed by atoms with E-state index in [1.54, 1.807) is 18.5 Å². The largest absolute Gasteiger partial charge is 0.334 e. The first-order valence-electron chi connectivity index (χ1n) is 6.65. The van der Waals surface area contributed by atoms with E-state index in [2.05, 4.69) is 20.0 Å². The molecule has 6 nitrogen and oxygen atoms in total. The predicted octanol–water partition coefficient (Wildman–Crippen LogP) is 1.88. The van der Waals surface area contributed by atoms with Gasteiger partial charge in [0, 0.05) is 18.9 Å². The molecule has 1 aliphatic heterocycles. The molecule has 2 aromatic rings. The molecule has 0 aliphatic carbocycles. The Balaban J connectivity index is 1.74. The standard InChI is InChI=1S/C13H16ClN5O/c14-10-7-16-4-3-9(10)13-17-12(18-20-13)11(15)8-19-5-1-2-6-19/h3-4,7,11H,1-2,5-6,8,15H2. The molecule has 2 N–H and O–H groups in total. The minimum absolute atomic E-state index is 0.244. The van der Waals surface area contributed by atoms with Crippen LogP contribution in [0.3, 0.4) is 0 Å². The van der Waals surface area contributed by atoms with E-state index >= 15 is 0 Å². The van der Waals surface area contributed by atoms with Gasteiger partial charge in [-0.1, -0.05) is 16.8 Å². The van der Waals surface area contributed by atoms with E-state index in [0.29, 0.717) is 22.3 Å². The lowest BCUT2D eigenvalue weighted by molar-refractivity contribution is 0.306. The lowest BCUT2D eigenvalue weighted by Gasteiger charge is -2.17. The minimum Gasteiger partial charge on any atom is -0.334 e. The highest BCUT2D eigenvalue weighted by Gasteiger charge is 2.21. The molecule has 2 aromatic heterocycles. The summed E-state index contributed by atoms with van der Waals surface area (Å²) in [5.74, 6) is 0.893. The van der Waals surface area contributed by atoms with Crippen LogP contribution in [0, 0.1) is 0 Å². The summed E-state index contributed by atoms with van der Waals surface area (Å²) in [6, 6.07) is 1.50. The van der Waals surface area contributed by atoms with E-state index in [1.165, 1.54) is 12.8 Å². The molecule has 106 valence electrons. The Morgan fingerprint density at radius 2 is 2.20 bits per heavy atom. The second kappa shape index (κ2) is 5.87. The van der Waals surface area contributed by atoms with Crippen molar-refractivity contribution in [1.29, 1.82) is 0 Å². The highest BCUT2D eigenvalue weighted by Crippen LogP contribution is 2.26. The third-order valence-corrected chi connectivity index (χ3v) is 3.73. The maximum atomic E-state index is 6.13. The molecule has 0 amide bonds. The van der Waals surface area contributed by atoms with Gasteiger partial charge >= 0.3 is 0 Å². The molecular weight excluding hydrogens is 278 g/mol. The maximum absolute atomic E-state index is 6.13. The normalized spacial score (nSPS) is 17.5. The van der Waals surface area contributed by atoms with Crippen LogP contribution in [0.15, 0.2) is 23.0 Å². The molecule has 0 spiro atoms. The number of hydrogen-bond donors (Lipinski definition) is 1. The highest BCUT2D eigenvalue weighted by molar-refractivity contribution is 6.32. The van der Waals surface area contributed by atoms with Crippen molar-refractivity contribution in [2.24, 2.45) is 5.73 Å². The Kier molecular flexibility index (Phi) is 3.95. The van der Waals surface area contributed by atoms with Crippen LogP contribution in [0.25, 0.3) is 11.5 Å². The fourth-order valence-electron chi connectivity index (χ4n) is 2.37. The molecule has 1 atom stereocenters. The zero-order chi connectivity index (χ0) is 13.9. The van der Waals surface area contributed by atoms with Crippen molar-refractivity contribution in [2.45, 2.75) is 18.9 Å². The molecule has 20 heavy (non-hydrogen) atoms.